The third-order valence-corrected chi connectivity index (χ3v) is 5.18. The van der Waals surface area contributed by atoms with E-state index in [1.807, 2.05) is 23.7 Å². The van der Waals surface area contributed by atoms with Crippen molar-refractivity contribution in [3.05, 3.63) is 12.2 Å². The van der Waals surface area contributed by atoms with Crippen LogP contribution < -0.4 is 0 Å². The van der Waals surface area contributed by atoms with Crippen molar-refractivity contribution in [1.82, 2.24) is 0 Å². The standard InChI is InChI=1S/C12H12O7P2.C4H8O2/c1-5-9-15-20(13,16-10-6-2)19-21(14,17-11-7-3)18-12-8-4;5-3-1-2-4-6/h1-4H,9-12H2;1-2,5-6H,3-4H2. The van der Waals surface area contributed by atoms with Crippen LogP contribution in [-0.2, 0) is 31.5 Å². The maximum Gasteiger partial charge on any atom is 0.485 e. The van der Waals surface area contributed by atoms with Crippen LogP contribution in [0.2, 0.25) is 0 Å². The molecular formula is C16H20O9P2. The average Bonchev–Trinajstić information content (AvgIpc) is 2.66. The lowest BCUT2D eigenvalue weighted by molar-refractivity contribution is 0.134. The van der Waals surface area contributed by atoms with Crippen molar-refractivity contribution < 1.29 is 41.7 Å². The summed E-state index contributed by atoms with van der Waals surface area (Å²) in [5.41, 5.74) is 0. The van der Waals surface area contributed by atoms with Gasteiger partial charge in [-0.1, -0.05) is 35.8 Å². The molecule has 0 aromatic rings. The van der Waals surface area contributed by atoms with Crippen LogP contribution in [0, 0.1) is 49.4 Å². The first-order valence-electron chi connectivity index (χ1n) is 6.97. The third kappa shape index (κ3) is 16.1. The van der Waals surface area contributed by atoms with Gasteiger partial charge in [0.1, 0.15) is 26.4 Å². The fourth-order valence-electron chi connectivity index (χ4n) is 0.906. The van der Waals surface area contributed by atoms with E-state index in [0.29, 0.717) is 0 Å². The minimum atomic E-state index is -4.39. The highest BCUT2D eigenvalue weighted by Crippen LogP contribution is 2.65. The van der Waals surface area contributed by atoms with E-state index in [9.17, 15) is 9.13 Å². The molecule has 0 amide bonds. The van der Waals surface area contributed by atoms with Crippen molar-refractivity contribution in [2.75, 3.05) is 39.6 Å². The lowest BCUT2D eigenvalue weighted by Crippen LogP contribution is -2.05. The first-order valence-corrected chi connectivity index (χ1v) is 9.89. The second kappa shape index (κ2) is 17.6. The van der Waals surface area contributed by atoms with Crippen molar-refractivity contribution >= 4 is 15.6 Å². The highest BCUT2D eigenvalue weighted by atomic mass is 31.3. The Balaban J connectivity index is 0. The van der Waals surface area contributed by atoms with Crippen LogP contribution in [0.3, 0.4) is 0 Å². The predicted molar refractivity (Wildman–Crippen MR) is 98.7 cm³/mol. The fraction of sp³-hybridized carbons (Fsp3) is 0.375. The molecule has 0 aromatic heterocycles. The van der Waals surface area contributed by atoms with E-state index in [1.165, 1.54) is 12.2 Å². The predicted octanol–water partition coefficient (Wildman–Crippen LogP) is 1.35. The molecule has 0 aliphatic carbocycles. The van der Waals surface area contributed by atoms with Crippen molar-refractivity contribution in [2.24, 2.45) is 0 Å². The number of aliphatic hydroxyl groups is 2. The summed E-state index contributed by atoms with van der Waals surface area (Å²) in [5, 5.41) is 16.0. The summed E-state index contributed by atoms with van der Waals surface area (Å²) in [6.45, 7) is -1.78. The molecule has 0 heterocycles. The Morgan fingerprint density at radius 1 is 0.667 bits per heavy atom. The Labute approximate surface area is 159 Å². The number of phosphoric ester groups is 2. The normalized spacial score (nSPS) is 10.7. The smallest absolute Gasteiger partial charge is 0.392 e. The van der Waals surface area contributed by atoms with Gasteiger partial charge in [-0.3, -0.25) is 18.1 Å². The topological polar surface area (TPSA) is 121 Å². The molecule has 0 fully saturated rings. The van der Waals surface area contributed by atoms with Crippen LogP contribution in [-0.4, -0.2) is 49.9 Å². The van der Waals surface area contributed by atoms with E-state index in [-0.39, 0.29) is 13.2 Å². The molecule has 0 bridgehead atoms. The number of hydrogen-bond acceptors (Lipinski definition) is 9. The molecule has 0 aliphatic rings. The summed E-state index contributed by atoms with van der Waals surface area (Å²) in [6, 6.07) is 0. The molecule has 11 heteroatoms. The van der Waals surface area contributed by atoms with Crippen molar-refractivity contribution in [2.45, 2.75) is 0 Å². The van der Waals surface area contributed by atoms with Gasteiger partial charge < -0.3 is 10.2 Å². The molecule has 0 spiro atoms. The molecule has 0 radical (unpaired) electrons. The number of phosphoric acid groups is 2. The van der Waals surface area contributed by atoms with Crippen LogP contribution in [0.15, 0.2) is 12.2 Å². The van der Waals surface area contributed by atoms with Gasteiger partial charge in [0.15, 0.2) is 0 Å². The number of rotatable bonds is 12. The van der Waals surface area contributed by atoms with Crippen LogP contribution in [0.4, 0.5) is 0 Å². The third-order valence-electron chi connectivity index (χ3n) is 1.80. The second-order valence-corrected chi connectivity index (χ2v) is 7.20. The highest BCUT2D eigenvalue weighted by molar-refractivity contribution is 7.62. The summed E-state index contributed by atoms with van der Waals surface area (Å²) < 4.78 is 47.8. The van der Waals surface area contributed by atoms with E-state index in [0.717, 1.165) is 0 Å². The van der Waals surface area contributed by atoms with Crippen molar-refractivity contribution in [3.63, 3.8) is 0 Å². The highest BCUT2D eigenvalue weighted by Gasteiger charge is 2.40. The van der Waals surface area contributed by atoms with Gasteiger partial charge in [-0.05, 0) is 0 Å². The molecular weight excluding hydrogens is 398 g/mol. The Bertz CT molecular complexity index is 587. The van der Waals surface area contributed by atoms with Crippen LogP contribution >= 0.6 is 15.6 Å². The maximum absolute atomic E-state index is 12.2. The van der Waals surface area contributed by atoms with Gasteiger partial charge in [0.25, 0.3) is 0 Å². The first-order chi connectivity index (χ1) is 12.9. The second-order valence-electron chi connectivity index (χ2n) is 3.72. The Kier molecular flexibility index (Phi) is 17.8. The molecule has 2 N–H and O–H groups in total. The molecule has 0 unspecified atom stereocenters. The van der Waals surface area contributed by atoms with Gasteiger partial charge in [0.05, 0.1) is 13.2 Å². The zero-order valence-electron chi connectivity index (χ0n) is 14.4. The van der Waals surface area contributed by atoms with Gasteiger partial charge >= 0.3 is 15.6 Å². The zero-order chi connectivity index (χ0) is 21.0. The minimum Gasteiger partial charge on any atom is -0.392 e. The van der Waals surface area contributed by atoms with Gasteiger partial charge in [0, 0.05) is 0 Å². The van der Waals surface area contributed by atoms with E-state index in [1.54, 1.807) is 0 Å². The Morgan fingerprint density at radius 3 is 1.11 bits per heavy atom. The average molecular weight is 418 g/mol. The maximum atomic E-state index is 12.2. The summed E-state index contributed by atoms with van der Waals surface area (Å²) >= 11 is 0. The molecule has 0 aliphatic heterocycles. The monoisotopic (exact) mass is 418 g/mol. The summed E-state index contributed by atoms with van der Waals surface area (Å²) in [5.74, 6) is 8.12. The van der Waals surface area contributed by atoms with Crippen molar-refractivity contribution in [3.8, 4) is 49.4 Å². The zero-order valence-corrected chi connectivity index (χ0v) is 16.1. The summed E-state index contributed by atoms with van der Waals surface area (Å²) in [6.07, 6.45) is 22.8. The molecule has 27 heavy (non-hydrogen) atoms. The minimum absolute atomic E-state index is 0.0144. The number of hydrogen-bond donors (Lipinski definition) is 2. The van der Waals surface area contributed by atoms with Crippen molar-refractivity contribution in [1.29, 1.82) is 0 Å². The van der Waals surface area contributed by atoms with Crippen LogP contribution in [0.5, 0.6) is 0 Å². The van der Waals surface area contributed by atoms with Crippen LogP contribution in [0.1, 0.15) is 0 Å². The molecule has 0 rings (SSSR count). The number of terminal acetylenes is 4. The van der Waals surface area contributed by atoms with Gasteiger partial charge in [0.2, 0.25) is 0 Å². The fourth-order valence-corrected chi connectivity index (χ4v) is 3.72. The lowest BCUT2D eigenvalue weighted by Gasteiger charge is -2.20. The summed E-state index contributed by atoms with van der Waals surface area (Å²) in [4.78, 5) is 0. The molecule has 0 atom stereocenters. The SMILES string of the molecule is C#CCOP(=O)(OCC#C)OP(=O)(OCC#C)OCC#C.OCC=CCO. The van der Waals surface area contributed by atoms with Gasteiger partial charge in [-0.25, -0.2) is 9.13 Å². The molecule has 0 saturated heterocycles. The molecule has 0 saturated carbocycles. The Morgan fingerprint density at radius 2 is 0.926 bits per heavy atom. The lowest BCUT2D eigenvalue weighted by atomic mass is 10.5. The Hall–Kier alpha value is -1.84. The van der Waals surface area contributed by atoms with E-state index < -0.39 is 42.1 Å². The molecule has 148 valence electrons. The van der Waals surface area contributed by atoms with E-state index >= 15 is 0 Å². The quantitative estimate of drug-likeness (QED) is 0.275. The first kappa shape index (κ1) is 27.4. The van der Waals surface area contributed by atoms with Gasteiger partial charge in [-0.2, -0.15) is 4.31 Å². The number of aliphatic hydroxyl groups excluding tert-OH is 2. The van der Waals surface area contributed by atoms with E-state index in [2.05, 4.69) is 22.4 Å². The van der Waals surface area contributed by atoms with E-state index in [4.69, 9.17) is 35.9 Å². The summed E-state index contributed by atoms with van der Waals surface area (Å²) in [7, 11) is -8.78. The molecule has 9 nitrogen and oxygen atoms in total. The van der Waals surface area contributed by atoms with Gasteiger partial charge in [-0.15, -0.1) is 25.7 Å². The molecule has 0 aromatic carbocycles. The van der Waals surface area contributed by atoms with Crippen LogP contribution in [0.25, 0.3) is 0 Å². The largest absolute Gasteiger partial charge is 0.485 e.